The number of anilines is 1. The van der Waals surface area contributed by atoms with E-state index in [1.54, 1.807) is 17.1 Å². The minimum absolute atomic E-state index is 0.213. The summed E-state index contributed by atoms with van der Waals surface area (Å²) in [4.78, 5) is 8.10. The molecular weight excluding hydrogens is 250 g/mol. The third-order valence-electron chi connectivity index (χ3n) is 2.72. The van der Waals surface area contributed by atoms with Crippen molar-refractivity contribution in [3.05, 3.63) is 47.5 Å². The summed E-state index contributed by atoms with van der Waals surface area (Å²) in [6.07, 6.45) is 3.37. The summed E-state index contributed by atoms with van der Waals surface area (Å²) >= 11 is 5.79. The second-order valence-electron chi connectivity index (χ2n) is 3.92. The molecule has 5 nitrogen and oxygen atoms in total. The molecule has 18 heavy (non-hydrogen) atoms. The van der Waals surface area contributed by atoms with Crippen molar-refractivity contribution in [3.8, 4) is 0 Å². The molecule has 0 aliphatic carbocycles. The van der Waals surface area contributed by atoms with Gasteiger partial charge in [0.05, 0.1) is 18.1 Å². The van der Waals surface area contributed by atoms with Crippen LogP contribution >= 0.6 is 11.6 Å². The second-order valence-corrected chi connectivity index (χ2v) is 4.26. The molecule has 0 fully saturated rings. The molecule has 2 N–H and O–H groups in total. The van der Waals surface area contributed by atoms with Gasteiger partial charge in [0.1, 0.15) is 0 Å². The predicted molar refractivity (Wildman–Crippen MR) is 70.3 cm³/mol. The van der Waals surface area contributed by atoms with Crippen LogP contribution in [0.1, 0.15) is 5.56 Å². The maximum absolute atomic E-state index is 5.91. The monoisotopic (exact) mass is 259 g/mol. The van der Waals surface area contributed by atoms with Gasteiger partial charge >= 0.3 is 0 Å². The van der Waals surface area contributed by atoms with Crippen molar-refractivity contribution >= 4 is 28.3 Å². The van der Waals surface area contributed by atoms with Gasteiger partial charge in [-0.2, -0.15) is 10.1 Å². The number of hydrogen-bond donors (Lipinski definition) is 1. The molecule has 0 spiro atoms. The van der Waals surface area contributed by atoms with E-state index in [9.17, 15) is 0 Å². The van der Waals surface area contributed by atoms with Crippen molar-refractivity contribution in [2.75, 3.05) is 5.73 Å². The van der Waals surface area contributed by atoms with E-state index in [2.05, 4.69) is 15.1 Å². The summed E-state index contributed by atoms with van der Waals surface area (Å²) in [5.74, 6) is 0. The van der Waals surface area contributed by atoms with E-state index in [-0.39, 0.29) is 5.28 Å². The molecule has 0 radical (unpaired) electrons. The Morgan fingerprint density at radius 2 is 2.06 bits per heavy atom. The number of nitrogens with zero attached hydrogens (tertiary/aromatic N) is 4. The van der Waals surface area contributed by atoms with Crippen LogP contribution in [0, 0.1) is 0 Å². The molecule has 0 atom stereocenters. The Morgan fingerprint density at radius 1 is 1.22 bits per heavy atom. The summed E-state index contributed by atoms with van der Waals surface area (Å²) in [7, 11) is 0. The van der Waals surface area contributed by atoms with Crippen LogP contribution < -0.4 is 5.73 Å². The highest BCUT2D eigenvalue weighted by molar-refractivity contribution is 6.28. The first-order chi connectivity index (χ1) is 8.74. The van der Waals surface area contributed by atoms with Crippen LogP contribution in [-0.4, -0.2) is 19.7 Å². The SMILES string of the molecule is Nc1ccccc1Cn1ncc2cnc(Cl)nc21. The van der Waals surface area contributed by atoms with E-state index in [0.717, 1.165) is 16.6 Å². The van der Waals surface area contributed by atoms with E-state index < -0.39 is 0 Å². The van der Waals surface area contributed by atoms with Crippen LogP contribution in [0.3, 0.4) is 0 Å². The summed E-state index contributed by atoms with van der Waals surface area (Å²) in [6, 6.07) is 7.67. The molecule has 6 heteroatoms. The maximum Gasteiger partial charge on any atom is 0.224 e. The van der Waals surface area contributed by atoms with Gasteiger partial charge in [0.2, 0.25) is 5.28 Å². The number of nitrogen functional groups attached to an aromatic ring is 1. The van der Waals surface area contributed by atoms with E-state index in [1.165, 1.54) is 0 Å². The van der Waals surface area contributed by atoms with Crippen LogP contribution in [0.25, 0.3) is 11.0 Å². The molecule has 90 valence electrons. The van der Waals surface area contributed by atoms with Crippen molar-refractivity contribution in [2.24, 2.45) is 0 Å². The summed E-state index contributed by atoms with van der Waals surface area (Å²) in [5, 5.41) is 5.34. The van der Waals surface area contributed by atoms with Gasteiger partial charge in [-0.15, -0.1) is 0 Å². The lowest BCUT2D eigenvalue weighted by Gasteiger charge is -2.06. The van der Waals surface area contributed by atoms with Crippen molar-refractivity contribution in [1.29, 1.82) is 0 Å². The quantitative estimate of drug-likeness (QED) is 0.565. The molecule has 0 saturated heterocycles. The number of nitrogens with two attached hydrogens (primary N) is 1. The first-order valence-corrected chi connectivity index (χ1v) is 5.79. The lowest BCUT2D eigenvalue weighted by Crippen LogP contribution is -2.05. The Balaban J connectivity index is 2.05. The van der Waals surface area contributed by atoms with Crippen molar-refractivity contribution < 1.29 is 0 Å². The fraction of sp³-hybridized carbons (Fsp3) is 0.0833. The summed E-state index contributed by atoms with van der Waals surface area (Å²) < 4.78 is 1.76. The molecule has 3 aromatic rings. The van der Waals surface area contributed by atoms with Crippen molar-refractivity contribution in [2.45, 2.75) is 6.54 Å². The molecular formula is C12H10ClN5. The number of para-hydroxylation sites is 1. The molecule has 0 aliphatic heterocycles. The second kappa shape index (κ2) is 4.27. The third-order valence-corrected chi connectivity index (χ3v) is 2.90. The molecule has 2 aromatic heterocycles. The van der Waals surface area contributed by atoms with Crippen LogP contribution in [-0.2, 0) is 6.54 Å². The van der Waals surface area contributed by atoms with Gasteiger partial charge < -0.3 is 5.73 Å². The zero-order valence-electron chi connectivity index (χ0n) is 9.42. The highest BCUT2D eigenvalue weighted by Crippen LogP contribution is 2.16. The summed E-state index contributed by atoms with van der Waals surface area (Å²) in [6.45, 7) is 0.559. The molecule has 1 aromatic carbocycles. The van der Waals surface area contributed by atoms with Gasteiger partial charge in [-0.1, -0.05) is 18.2 Å². The number of fused-ring (bicyclic) bond motifs is 1. The van der Waals surface area contributed by atoms with E-state index in [4.69, 9.17) is 17.3 Å². The number of aromatic nitrogens is 4. The Labute approximate surface area is 108 Å². The minimum Gasteiger partial charge on any atom is -0.398 e. The predicted octanol–water partition coefficient (Wildman–Crippen LogP) is 2.11. The summed E-state index contributed by atoms with van der Waals surface area (Å²) in [5.41, 5.74) is 8.35. The van der Waals surface area contributed by atoms with E-state index >= 15 is 0 Å². The largest absolute Gasteiger partial charge is 0.398 e. The van der Waals surface area contributed by atoms with Crippen LogP contribution in [0.4, 0.5) is 5.69 Å². The van der Waals surface area contributed by atoms with Gasteiger partial charge in [0, 0.05) is 11.9 Å². The topological polar surface area (TPSA) is 69.6 Å². The Kier molecular flexibility index (Phi) is 2.60. The highest BCUT2D eigenvalue weighted by Gasteiger charge is 2.07. The van der Waals surface area contributed by atoms with Crippen molar-refractivity contribution in [3.63, 3.8) is 0 Å². The Bertz CT molecular complexity index is 707. The van der Waals surface area contributed by atoms with E-state index in [1.807, 2.05) is 24.3 Å². The normalized spacial score (nSPS) is 10.9. The molecule has 0 saturated carbocycles. The van der Waals surface area contributed by atoms with Gasteiger partial charge in [-0.05, 0) is 23.2 Å². The zero-order valence-corrected chi connectivity index (χ0v) is 10.2. The fourth-order valence-corrected chi connectivity index (χ4v) is 1.93. The first-order valence-electron chi connectivity index (χ1n) is 5.41. The smallest absolute Gasteiger partial charge is 0.224 e. The van der Waals surface area contributed by atoms with Gasteiger partial charge in [-0.25, -0.2) is 9.67 Å². The highest BCUT2D eigenvalue weighted by atomic mass is 35.5. The molecule has 0 bridgehead atoms. The average molecular weight is 260 g/mol. The zero-order chi connectivity index (χ0) is 12.5. The Morgan fingerprint density at radius 3 is 2.89 bits per heavy atom. The molecule has 2 heterocycles. The van der Waals surface area contributed by atoms with Crippen LogP contribution in [0.15, 0.2) is 36.7 Å². The standard InChI is InChI=1S/C12H10ClN5/c13-12-15-5-9-6-16-18(11(9)17-12)7-8-3-1-2-4-10(8)14/h1-6H,7,14H2. The van der Waals surface area contributed by atoms with Gasteiger partial charge in [0.15, 0.2) is 5.65 Å². The third kappa shape index (κ3) is 1.89. The van der Waals surface area contributed by atoms with Gasteiger partial charge in [0.25, 0.3) is 0 Å². The molecule has 0 amide bonds. The Hall–Kier alpha value is -2.14. The molecule has 0 unspecified atom stereocenters. The van der Waals surface area contributed by atoms with Crippen molar-refractivity contribution in [1.82, 2.24) is 19.7 Å². The lowest BCUT2D eigenvalue weighted by atomic mass is 10.2. The number of rotatable bonds is 2. The number of benzene rings is 1. The molecule has 3 rings (SSSR count). The maximum atomic E-state index is 5.91. The molecule has 0 aliphatic rings. The van der Waals surface area contributed by atoms with E-state index in [0.29, 0.717) is 12.2 Å². The van der Waals surface area contributed by atoms with Gasteiger partial charge in [-0.3, -0.25) is 0 Å². The first kappa shape index (κ1) is 11.0. The lowest BCUT2D eigenvalue weighted by molar-refractivity contribution is 0.705. The fourth-order valence-electron chi connectivity index (χ4n) is 1.80. The number of hydrogen-bond acceptors (Lipinski definition) is 4. The number of halogens is 1. The van der Waals surface area contributed by atoms with Crippen LogP contribution in [0.2, 0.25) is 5.28 Å². The van der Waals surface area contributed by atoms with Crippen LogP contribution in [0.5, 0.6) is 0 Å². The minimum atomic E-state index is 0.213. The average Bonchev–Trinajstić information content (AvgIpc) is 2.75.